The van der Waals surface area contributed by atoms with Crippen molar-refractivity contribution in [1.82, 2.24) is 0 Å². The molecule has 1 aliphatic carbocycles. The standard InChI is InChI=1S/C23H27NO4/c1-4-27-23(26)18-12-8-13-20(15(18)2)24-22(25)16(3)28-21-14-7-10-17-9-5-6-11-19(17)21/h7-8,10,12-14,16H,4-6,9,11H2,1-3H3,(H,24,25)/t16-/m0/s1. The van der Waals surface area contributed by atoms with E-state index in [0.717, 1.165) is 25.0 Å². The van der Waals surface area contributed by atoms with E-state index in [9.17, 15) is 9.59 Å². The second-order valence-electron chi connectivity index (χ2n) is 7.05. The molecule has 0 fully saturated rings. The Kier molecular flexibility index (Phi) is 6.34. The smallest absolute Gasteiger partial charge is 0.338 e. The molecule has 0 spiro atoms. The van der Waals surface area contributed by atoms with Gasteiger partial charge in [-0.05, 0) is 81.3 Å². The zero-order chi connectivity index (χ0) is 20.1. The number of hydrogen-bond acceptors (Lipinski definition) is 4. The molecule has 0 saturated carbocycles. The van der Waals surface area contributed by atoms with Gasteiger partial charge in [-0.3, -0.25) is 4.79 Å². The Balaban J connectivity index is 1.72. The summed E-state index contributed by atoms with van der Waals surface area (Å²) in [6.07, 6.45) is 3.74. The van der Waals surface area contributed by atoms with E-state index < -0.39 is 12.1 Å². The molecule has 0 radical (unpaired) electrons. The van der Waals surface area contributed by atoms with Crippen molar-refractivity contribution in [3.8, 4) is 5.75 Å². The van der Waals surface area contributed by atoms with Crippen molar-refractivity contribution in [2.45, 2.75) is 52.6 Å². The predicted molar refractivity (Wildman–Crippen MR) is 109 cm³/mol. The van der Waals surface area contributed by atoms with Crippen LogP contribution in [-0.4, -0.2) is 24.6 Å². The Hall–Kier alpha value is -2.82. The van der Waals surface area contributed by atoms with Gasteiger partial charge in [-0.15, -0.1) is 0 Å². The molecule has 0 aliphatic heterocycles. The van der Waals surface area contributed by atoms with Crippen LogP contribution in [-0.2, 0) is 22.4 Å². The van der Waals surface area contributed by atoms with E-state index in [4.69, 9.17) is 9.47 Å². The highest BCUT2D eigenvalue weighted by atomic mass is 16.5. The summed E-state index contributed by atoms with van der Waals surface area (Å²) in [6.45, 7) is 5.60. The SMILES string of the molecule is CCOC(=O)c1cccc(NC(=O)[C@H](C)Oc2cccc3c2CCCC3)c1C. The number of aryl methyl sites for hydroxylation is 1. The van der Waals surface area contributed by atoms with E-state index in [1.54, 1.807) is 39.0 Å². The molecule has 0 bridgehead atoms. The first-order valence-electron chi connectivity index (χ1n) is 9.86. The maximum Gasteiger partial charge on any atom is 0.338 e. The van der Waals surface area contributed by atoms with Crippen LogP contribution >= 0.6 is 0 Å². The van der Waals surface area contributed by atoms with E-state index in [2.05, 4.69) is 11.4 Å². The molecule has 2 aromatic rings. The molecule has 5 heteroatoms. The van der Waals surface area contributed by atoms with Gasteiger partial charge in [0.2, 0.25) is 0 Å². The van der Waals surface area contributed by atoms with Gasteiger partial charge in [0.25, 0.3) is 5.91 Å². The topological polar surface area (TPSA) is 64.6 Å². The Bertz CT molecular complexity index is 875. The minimum absolute atomic E-state index is 0.252. The van der Waals surface area contributed by atoms with E-state index in [-0.39, 0.29) is 5.91 Å². The summed E-state index contributed by atoms with van der Waals surface area (Å²) in [6, 6.07) is 11.2. The maximum absolute atomic E-state index is 12.7. The zero-order valence-corrected chi connectivity index (χ0v) is 16.7. The number of anilines is 1. The summed E-state index contributed by atoms with van der Waals surface area (Å²) in [7, 11) is 0. The van der Waals surface area contributed by atoms with Crippen molar-refractivity contribution in [3.63, 3.8) is 0 Å². The summed E-state index contributed by atoms with van der Waals surface area (Å²) in [5.74, 6) is 0.144. The first-order chi connectivity index (χ1) is 13.5. The van der Waals surface area contributed by atoms with Crippen LogP contribution in [0.25, 0.3) is 0 Å². The number of carbonyl (C=O) groups excluding carboxylic acids is 2. The van der Waals surface area contributed by atoms with Crippen molar-refractivity contribution in [2.75, 3.05) is 11.9 Å². The van der Waals surface area contributed by atoms with Crippen LogP contribution in [0.1, 0.15) is 53.7 Å². The van der Waals surface area contributed by atoms with Crippen LogP contribution in [0.5, 0.6) is 5.75 Å². The lowest BCUT2D eigenvalue weighted by Crippen LogP contribution is -2.31. The minimum atomic E-state index is -0.654. The Morgan fingerprint density at radius 1 is 1.11 bits per heavy atom. The lowest BCUT2D eigenvalue weighted by atomic mass is 9.91. The average molecular weight is 381 g/mol. The fourth-order valence-electron chi connectivity index (χ4n) is 3.54. The van der Waals surface area contributed by atoms with Crippen molar-refractivity contribution < 1.29 is 19.1 Å². The quantitative estimate of drug-likeness (QED) is 0.751. The van der Waals surface area contributed by atoms with Gasteiger partial charge in [-0.2, -0.15) is 0 Å². The molecule has 28 heavy (non-hydrogen) atoms. The van der Waals surface area contributed by atoms with E-state index >= 15 is 0 Å². The van der Waals surface area contributed by atoms with Crippen molar-refractivity contribution in [1.29, 1.82) is 0 Å². The molecule has 2 aromatic carbocycles. The summed E-state index contributed by atoms with van der Waals surface area (Å²) in [5, 5.41) is 2.88. The fraction of sp³-hybridized carbons (Fsp3) is 0.391. The van der Waals surface area contributed by atoms with Crippen LogP contribution in [0.2, 0.25) is 0 Å². The maximum atomic E-state index is 12.7. The molecule has 1 atom stereocenters. The predicted octanol–water partition coefficient (Wildman–Crippen LogP) is 4.46. The Labute approximate surface area is 166 Å². The molecule has 1 aliphatic rings. The summed E-state index contributed by atoms with van der Waals surface area (Å²) in [5.41, 5.74) is 4.24. The van der Waals surface area contributed by atoms with Gasteiger partial charge in [0.1, 0.15) is 5.75 Å². The van der Waals surface area contributed by atoms with Gasteiger partial charge in [0.15, 0.2) is 6.10 Å². The third-order valence-electron chi connectivity index (χ3n) is 5.11. The Morgan fingerprint density at radius 3 is 2.64 bits per heavy atom. The van der Waals surface area contributed by atoms with E-state index in [1.165, 1.54) is 17.5 Å². The van der Waals surface area contributed by atoms with Crippen LogP contribution in [0.4, 0.5) is 5.69 Å². The highest BCUT2D eigenvalue weighted by molar-refractivity contribution is 5.98. The van der Waals surface area contributed by atoms with Crippen LogP contribution < -0.4 is 10.1 Å². The molecule has 0 aromatic heterocycles. The highest BCUT2D eigenvalue weighted by Gasteiger charge is 2.21. The van der Waals surface area contributed by atoms with Gasteiger partial charge < -0.3 is 14.8 Å². The van der Waals surface area contributed by atoms with E-state index in [0.29, 0.717) is 23.4 Å². The number of hydrogen-bond donors (Lipinski definition) is 1. The van der Waals surface area contributed by atoms with Crippen molar-refractivity contribution in [2.24, 2.45) is 0 Å². The van der Waals surface area contributed by atoms with Gasteiger partial charge in [-0.1, -0.05) is 18.2 Å². The second-order valence-corrected chi connectivity index (χ2v) is 7.05. The van der Waals surface area contributed by atoms with Crippen molar-refractivity contribution in [3.05, 3.63) is 58.7 Å². The number of ether oxygens (including phenoxy) is 2. The number of fused-ring (bicyclic) bond motifs is 1. The largest absolute Gasteiger partial charge is 0.481 e. The number of esters is 1. The summed E-state index contributed by atoms with van der Waals surface area (Å²) < 4.78 is 11.1. The molecule has 3 rings (SSSR count). The summed E-state index contributed by atoms with van der Waals surface area (Å²) in [4.78, 5) is 24.7. The van der Waals surface area contributed by atoms with Crippen molar-refractivity contribution >= 4 is 17.6 Å². The lowest BCUT2D eigenvalue weighted by Gasteiger charge is -2.22. The second kappa shape index (κ2) is 8.91. The Morgan fingerprint density at radius 2 is 1.86 bits per heavy atom. The van der Waals surface area contributed by atoms with Crippen LogP contribution in [0.15, 0.2) is 36.4 Å². The molecule has 5 nitrogen and oxygen atoms in total. The number of rotatable bonds is 6. The highest BCUT2D eigenvalue weighted by Crippen LogP contribution is 2.30. The number of benzene rings is 2. The molecular weight excluding hydrogens is 354 g/mol. The molecular formula is C23H27NO4. The minimum Gasteiger partial charge on any atom is -0.481 e. The lowest BCUT2D eigenvalue weighted by molar-refractivity contribution is -0.122. The van der Waals surface area contributed by atoms with Crippen LogP contribution in [0.3, 0.4) is 0 Å². The van der Waals surface area contributed by atoms with E-state index in [1.807, 2.05) is 12.1 Å². The zero-order valence-electron chi connectivity index (χ0n) is 16.7. The molecule has 0 heterocycles. The average Bonchev–Trinajstić information content (AvgIpc) is 2.70. The third-order valence-corrected chi connectivity index (χ3v) is 5.11. The fourth-order valence-corrected chi connectivity index (χ4v) is 3.54. The van der Waals surface area contributed by atoms with Crippen LogP contribution in [0, 0.1) is 6.92 Å². The molecule has 1 amide bonds. The molecule has 0 unspecified atom stereocenters. The number of carbonyl (C=O) groups is 2. The number of nitrogens with one attached hydrogen (secondary N) is 1. The first-order valence-corrected chi connectivity index (χ1v) is 9.86. The molecule has 148 valence electrons. The van der Waals surface area contributed by atoms with Gasteiger partial charge >= 0.3 is 5.97 Å². The molecule has 1 N–H and O–H groups in total. The van der Waals surface area contributed by atoms with Gasteiger partial charge in [0.05, 0.1) is 12.2 Å². The monoisotopic (exact) mass is 381 g/mol. The third kappa shape index (κ3) is 4.35. The first kappa shape index (κ1) is 19.9. The normalized spacial score (nSPS) is 14.0. The summed E-state index contributed by atoms with van der Waals surface area (Å²) >= 11 is 0. The number of amides is 1. The molecule has 0 saturated heterocycles. The van der Waals surface area contributed by atoms with Gasteiger partial charge in [0, 0.05) is 5.69 Å². The van der Waals surface area contributed by atoms with Gasteiger partial charge in [-0.25, -0.2) is 4.79 Å².